The van der Waals surface area contributed by atoms with Gasteiger partial charge in [0.15, 0.2) is 0 Å². The van der Waals surface area contributed by atoms with Crippen LogP contribution in [0.3, 0.4) is 0 Å². The molecule has 0 unspecified atom stereocenters. The Balaban J connectivity index is 1.63. The summed E-state index contributed by atoms with van der Waals surface area (Å²) >= 11 is 0. The van der Waals surface area contributed by atoms with E-state index in [-0.39, 0.29) is 0 Å². The molecule has 122 valence electrons. The van der Waals surface area contributed by atoms with E-state index in [1.54, 1.807) is 6.20 Å². The summed E-state index contributed by atoms with van der Waals surface area (Å²) < 4.78 is 0. The van der Waals surface area contributed by atoms with Crippen molar-refractivity contribution in [2.75, 3.05) is 35.2 Å². The second-order valence-corrected chi connectivity index (χ2v) is 5.91. The van der Waals surface area contributed by atoms with Crippen LogP contribution in [0.25, 0.3) is 0 Å². The van der Waals surface area contributed by atoms with E-state index in [9.17, 15) is 0 Å². The lowest BCUT2D eigenvalue weighted by atomic mass is 10.1. The highest BCUT2D eigenvalue weighted by atomic mass is 15.1. The first kappa shape index (κ1) is 15.6. The lowest BCUT2D eigenvalue weighted by Gasteiger charge is -2.28. The highest BCUT2D eigenvalue weighted by Gasteiger charge is 2.10. The highest BCUT2D eigenvalue weighted by Crippen LogP contribution is 2.23. The van der Waals surface area contributed by atoms with Gasteiger partial charge < -0.3 is 15.5 Å². The van der Waals surface area contributed by atoms with E-state index in [1.165, 1.54) is 38.0 Å². The summed E-state index contributed by atoms with van der Waals surface area (Å²) in [6.07, 6.45) is 6.79. The number of nitrogens with zero attached hydrogens (tertiary/aromatic N) is 3. The summed E-state index contributed by atoms with van der Waals surface area (Å²) in [5.41, 5.74) is 2.36. The molecule has 1 fully saturated rings. The first-order valence-electron chi connectivity index (χ1n) is 8.54. The summed E-state index contributed by atoms with van der Waals surface area (Å²) in [7, 11) is 0. The Hall–Kier alpha value is -2.30. The van der Waals surface area contributed by atoms with Crippen molar-refractivity contribution in [3.8, 4) is 0 Å². The SMILES string of the molecule is CCCNc1nccc(Nc2ccc(N3CCCCC3)cc2)n1. The number of rotatable bonds is 6. The van der Waals surface area contributed by atoms with Gasteiger partial charge >= 0.3 is 0 Å². The lowest BCUT2D eigenvalue weighted by molar-refractivity contribution is 0.578. The summed E-state index contributed by atoms with van der Waals surface area (Å²) in [6, 6.07) is 10.5. The fourth-order valence-electron chi connectivity index (χ4n) is 2.81. The minimum atomic E-state index is 0.668. The van der Waals surface area contributed by atoms with Gasteiger partial charge in [0, 0.05) is 37.2 Å². The summed E-state index contributed by atoms with van der Waals surface area (Å²) in [5, 5.41) is 6.54. The maximum absolute atomic E-state index is 4.47. The van der Waals surface area contributed by atoms with Gasteiger partial charge in [-0.15, -0.1) is 0 Å². The van der Waals surface area contributed by atoms with Crippen LogP contribution in [0.15, 0.2) is 36.5 Å². The smallest absolute Gasteiger partial charge is 0.224 e. The zero-order chi connectivity index (χ0) is 15.9. The summed E-state index contributed by atoms with van der Waals surface area (Å²) in [4.78, 5) is 11.2. The van der Waals surface area contributed by atoms with Gasteiger partial charge in [0.05, 0.1) is 0 Å². The number of aromatic nitrogens is 2. The number of anilines is 4. The molecule has 5 nitrogen and oxygen atoms in total. The molecule has 0 radical (unpaired) electrons. The minimum Gasteiger partial charge on any atom is -0.372 e. The molecule has 1 aromatic carbocycles. The number of piperidine rings is 1. The van der Waals surface area contributed by atoms with Crippen LogP contribution in [0, 0.1) is 0 Å². The van der Waals surface area contributed by atoms with Crippen LogP contribution < -0.4 is 15.5 Å². The van der Waals surface area contributed by atoms with Gasteiger partial charge in [0.1, 0.15) is 5.82 Å². The fraction of sp³-hybridized carbons (Fsp3) is 0.444. The third-order valence-corrected chi connectivity index (χ3v) is 4.05. The highest BCUT2D eigenvalue weighted by molar-refractivity contribution is 5.61. The Labute approximate surface area is 138 Å². The Morgan fingerprint density at radius 1 is 1.04 bits per heavy atom. The van der Waals surface area contributed by atoms with E-state index in [0.717, 1.165) is 24.5 Å². The molecular weight excluding hydrogens is 286 g/mol. The van der Waals surface area contributed by atoms with Crippen LogP contribution in [-0.2, 0) is 0 Å². The standard InChI is InChI=1S/C18H25N5/c1-2-11-19-18-20-12-10-17(22-18)21-15-6-8-16(9-7-15)23-13-4-3-5-14-23/h6-10,12H,2-5,11,13-14H2,1H3,(H2,19,20,21,22). The molecule has 0 bridgehead atoms. The lowest BCUT2D eigenvalue weighted by Crippen LogP contribution is -2.29. The van der Waals surface area contributed by atoms with Crippen molar-refractivity contribution in [1.82, 2.24) is 9.97 Å². The molecule has 0 spiro atoms. The van der Waals surface area contributed by atoms with Crippen LogP contribution in [-0.4, -0.2) is 29.6 Å². The molecule has 0 saturated carbocycles. The monoisotopic (exact) mass is 311 g/mol. The van der Waals surface area contributed by atoms with Crippen LogP contribution in [0.1, 0.15) is 32.6 Å². The zero-order valence-electron chi connectivity index (χ0n) is 13.8. The van der Waals surface area contributed by atoms with Crippen molar-refractivity contribution >= 4 is 23.1 Å². The van der Waals surface area contributed by atoms with Crippen LogP contribution in [0.5, 0.6) is 0 Å². The van der Waals surface area contributed by atoms with Crippen molar-refractivity contribution in [2.45, 2.75) is 32.6 Å². The Morgan fingerprint density at radius 3 is 2.57 bits per heavy atom. The first-order valence-corrected chi connectivity index (χ1v) is 8.54. The summed E-state index contributed by atoms with van der Waals surface area (Å²) in [5.74, 6) is 1.48. The van der Waals surface area contributed by atoms with Gasteiger partial charge in [0.25, 0.3) is 0 Å². The summed E-state index contributed by atoms with van der Waals surface area (Å²) in [6.45, 7) is 5.35. The van der Waals surface area contributed by atoms with E-state index in [1.807, 2.05) is 6.07 Å². The van der Waals surface area contributed by atoms with Crippen LogP contribution in [0.4, 0.5) is 23.1 Å². The Bertz CT molecular complexity index is 605. The number of nitrogens with one attached hydrogen (secondary N) is 2. The fourth-order valence-corrected chi connectivity index (χ4v) is 2.81. The molecule has 1 aliphatic rings. The quantitative estimate of drug-likeness (QED) is 0.843. The van der Waals surface area contributed by atoms with Gasteiger partial charge in [0.2, 0.25) is 5.95 Å². The predicted octanol–water partition coefficient (Wildman–Crippen LogP) is 4.03. The topological polar surface area (TPSA) is 53.1 Å². The molecule has 2 N–H and O–H groups in total. The van der Waals surface area contributed by atoms with Crippen LogP contribution >= 0.6 is 0 Å². The van der Waals surface area contributed by atoms with E-state index in [2.05, 4.69) is 56.7 Å². The third kappa shape index (κ3) is 4.34. The molecule has 5 heteroatoms. The van der Waals surface area contributed by atoms with Gasteiger partial charge in [-0.1, -0.05) is 6.92 Å². The average molecular weight is 311 g/mol. The van der Waals surface area contributed by atoms with E-state index >= 15 is 0 Å². The van der Waals surface area contributed by atoms with Crippen LogP contribution in [0.2, 0.25) is 0 Å². The van der Waals surface area contributed by atoms with Gasteiger partial charge in [-0.05, 0) is 56.0 Å². The number of benzene rings is 1. The second-order valence-electron chi connectivity index (χ2n) is 5.91. The molecular formula is C18H25N5. The molecule has 0 amide bonds. The minimum absolute atomic E-state index is 0.668. The largest absolute Gasteiger partial charge is 0.372 e. The maximum Gasteiger partial charge on any atom is 0.224 e. The Kier molecular flexibility index (Phi) is 5.29. The molecule has 1 aliphatic heterocycles. The maximum atomic E-state index is 4.47. The number of hydrogen-bond donors (Lipinski definition) is 2. The molecule has 1 aromatic heterocycles. The third-order valence-electron chi connectivity index (χ3n) is 4.05. The molecule has 23 heavy (non-hydrogen) atoms. The van der Waals surface area contributed by atoms with Crippen molar-refractivity contribution in [2.24, 2.45) is 0 Å². The molecule has 2 aromatic rings. The molecule has 0 aliphatic carbocycles. The normalized spacial score (nSPS) is 14.6. The van der Waals surface area contributed by atoms with Gasteiger partial charge in [-0.2, -0.15) is 4.98 Å². The van der Waals surface area contributed by atoms with Gasteiger partial charge in [-0.25, -0.2) is 4.98 Å². The molecule has 2 heterocycles. The van der Waals surface area contributed by atoms with Crippen molar-refractivity contribution in [3.63, 3.8) is 0 Å². The van der Waals surface area contributed by atoms with Gasteiger partial charge in [-0.3, -0.25) is 0 Å². The molecule has 0 atom stereocenters. The molecule has 3 rings (SSSR count). The average Bonchev–Trinajstić information content (AvgIpc) is 2.62. The van der Waals surface area contributed by atoms with E-state index < -0.39 is 0 Å². The molecule has 1 saturated heterocycles. The first-order chi connectivity index (χ1) is 11.3. The Morgan fingerprint density at radius 2 is 1.83 bits per heavy atom. The van der Waals surface area contributed by atoms with E-state index in [0.29, 0.717) is 5.95 Å². The number of hydrogen-bond acceptors (Lipinski definition) is 5. The van der Waals surface area contributed by atoms with Crippen molar-refractivity contribution < 1.29 is 0 Å². The van der Waals surface area contributed by atoms with Crippen molar-refractivity contribution in [3.05, 3.63) is 36.5 Å². The van der Waals surface area contributed by atoms with E-state index in [4.69, 9.17) is 0 Å². The second kappa shape index (κ2) is 7.81. The van der Waals surface area contributed by atoms with Crippen molar-refractivity contribution in [1.29, 1.82) is 0 Å². The zero-order valence-corrected chi connectivity index (χ0v) is 13.8. The predicted molar refractivity (Wildman–Crippen MR) is 96.6 cm³/mol.